The van der Waals surface area contributed by atoms with Crippen molar-refractivity contribution >= 4 is 45.9 Å². The van der Waals surface area contributed by atoms with Crippen LogP contribution < -0.4 is 4.74 Å². The second kappa shape index (κ2) is 10.4. The second-order valence-corrected chi connectivity index (χ2v) is 9.92. The van der Waals surface area contributed by atoms with Gasteiger partial charge in [0, 0.05) is 11.1 Å². The minimum Gasteiger partial charge on any atom is -0.493 e. The van der Waals surface area contributed by atoms with E-state index in [0.29, 0.717) is 50.6 Å². The lowest BCUT2D eigenvalue weighted by molar-refractivity contribution is 0.0178. The zero-order valence-corrected chi connectivity index (χ0v) is 22.0. The van der Waals surface area contributed by atoms with Crippen molar-refractivity contribution in [2.24, 2.45) is 17.0 Å². The van der Waals surface area contributed by atoms with Gasteiger partial charge < -0.3 is 19.3 Å². The molecule has 0 fully saturated rings. The Hall–Kier alpha value is -3.55. The van der Waals surface area contributed by atoms with E-state index < -0.39 is 5.97 Å². The maximum atomic E-state index is 12.1. The number of carbonyl (C=O) groups is 1. The molecule has 0 aliphatic carbocycles. The molecule has 2 unspecified atom stereocenters. The van der Waals surface area contributed by atoms with Crippen LogP contribution in [0.15, 0.2) is 65.8 Å². The summed E-state index contributed by atoms with van der Waals surface area (Å²) in [5.74, 6) is 0.966. The molecule has 0 amide bonds. The number of esters is 1. The first-order valence-electron chi connectivity index (χ1n) is 11.9. The normalized spacial score (nSPS) is 17.1. The number of para-hydroxylation sites is 1. The molecule has 1 aromatic heterocycles. The third-order valence-electron chi connectivity index (χ3n) is 6.37. The number of benzene rings is 3. The summed E-state index contributed by atoms with van der Waals surface area (Å²) in [6.45, 7) is 4.51. The van der Waals surface area contributed by atoms with Gasteiger partial charge in [-0.05, 0) is 54.4 Å². The number of oxime groups is 1. The summed E-state index contributed by atoms with van der Waals surface area (Å²) in [6, 6.07) is 18.3. The highest BCUT2D eigenvalue weighted by Gasteiger charge is 2.39. The number of H-pyrrole nitrogens is 1. The van der Waals surface area contributed by atoms with Gasteiger partial charge in [-0.2, -0.15) is 0 Å². The van der Waals surface area contributed by atoms with Gasteiger partial charge in [-0.25, -0.2) is 9.78 Å². The Morgan fingerprint density at radius 3 is 2.43 bits per heavy atom. The standard InChI is InChI=1S/C28H25Cl2N3O4/c1-15(2)26-19(25(33-37-26)23-20(29)7-5-8-21(23)30)14-36-17-12-10-16(11-13-17)27-31-22-9-4-6-18(24(22)32-27)28(34)35-3/h4-13,15,19,26H,14H2,1-3H3,(H,31,32). The van der Waals surface area contributed by atoms with Gasteiger partial charge in [-0.15, -0.1) is 0 Å². The minimum absolute atomic E-state index is 0.149. The van der Waals surface area contributed by atoms with E-state index in [2.05, 4.69) is 29.0 Å². The van der Waals surface area contributed by atoms with Crippen LogP contribution in [0.2, 0.25) is 10.0 Å². The molecule has 5 rings (SSSR count). The van der Waals surface area contributed by atoms with Gasteiger partial charge in [0.1, 0.15) is 35.5 Å². The van der Waals surface area contributed by atoms with Crippen LogP contribution in [0.3, 0.4) is 0 Å². The van der Waals surface area contributed by atoms with Crippen molar-refractivity contribution in [2.75, 3.05) is 13.7 Å². The Kier molecular flexibility index (Phi) is 7.09. The number of halogens is 2. The van der Waals surface area contributed by atoms with Crippen LogP contribution in [-0.4, -0.2) is 41.5 Å². The van der Waals surface area contributed by atoms with Crippen LogP contribution in [0.25, 0.3) is 22.4 Å². The molecule has 7 nitrogen and oxygen atoms in total. The molecule has 0 saturated heterocycles. The Balaban J connectivity index is 1.35. The van der Waals surface area contributed by atoms with Gasteiger partial charge >= 0.3 is 5.97 Å². The Labute approximate surface area is 224 Å². The zero-order chi connectivity index (χ0) is 26.1. The molecule has 0 bridgehead atoms. The smallest absolute Gasteiger partial charge is 0.340 e. The summed E-state index contributed by atoms with van der Waals surface area (Å²) in [7, 11) is 1.35. The minimum atomic E-state index is -0.427. The summed E-state index contributed by atoms with van der Waals surface area (Å²) >= 11 is 12.9. The summed E-state index contributed by atoms with van der Waals surface area (Å²) in [6.07, 6.45) is -0.166. The third-order valence-corrected chi connectivity index (χ3v) is 7.00. The monoisotopic (exact) mass is 537 g/mol. The largest absolute Gasteiger partial charge is 0.493 e. The Morgan fingerprint density at radius 1 is 1.05 bits per heavy atom. The highest BCUT2D eigenvalue weighted by molar-refractivity contribution is 6.40. The number of rotatable bonds is 7. The summed E-state index contributed by atoms with van der Waals surface area (Å²) < 4.78 is 11.1. The van der Waals surface area contributed by atoms with Gasteiger partial charge in [0.05, 0.1) is 34.2 Å². The molecule has 0 saturated carbocycles. The topological polar surface area (TPSA) is 85.8 Å². The van der Waals surface area contributed by atoms with Gasteiger partial charge in [0.15, 0.2) is 0 Å². The predicted molar refractivity (Wildman–Crippen MR) is 145 cm³/mol. The number of aromatic amines is 1. The molecule has 1 aliphatic rings. The molecule has 0 radical (unpaired) electrons. The van der Waals surface area contributed by atoms with Crippen molar-refractivity contribution in [3.05, 3.63) is 81.8 Å². The number of imidazole rings is 1. The summed E-state index contributed by atoms with van der Waals surface area (Å²) in [4.78, 5) is 25.8. The van der Waals surface area contributed by atoms with Gasteiger partial charge in [-0.1, -0.05) is 54.3 Å². The molecular formula is C28H25Cl2N3O4. The fourth-order valence-corrected chi connectivity index (χ4v) is 5.08. The number of hydrogen-bond acceptors (Lipinski definition) is 6. The fourth-order valence-electron chi connectivity index (χ4n) is 4.49. The average Bonchev–Trinajstić information content (AvgIpc) is 3.52. The second-order valence-electron chi connectivity index (χ2n) is 9.11. The molecule has 9 heteroatoms. The van der Waals surface area contributed by atoms with E-state index >= 15 is 0 Å². The first kappa shape index (κ1) is 25.1. The Morgan fingerprint density at radius 2 is 1.76 bits per heavy atom. The van der Waals surface area contributed by atoms with E-state index in [1.807, 2.05) is 30.3 Å². The molecule has 1 N–H and O–H groups in total. The predicted octanol–water partition coefficient (Wildman–Crippen LogP) is 6.78. The van der Waals surface area contributed by atoms with Crippen LogP contribution in [0.5, 0.6) is 5.75 Å². The summed E-state index contributed by atoms with van der Waals surface area (Å²) in [5.41, 5.74) is 3.95. The van der Waals surface area contributed by atoms with Crippen molar-refractivity contribution < 1.29 is 19.1 Å². The molecule has 1 aliphatic heterocycles. The molecular weight excluding hydrogens is 513 g/mol. The van der Waals surface area contributed by atoms with Crippen molar-refractivity contribution in [2.45, 2.75) is 20.0 Å². The zero-order valence-electron chi connectivity index (χ0n) is 20.5. The molecule has 3 aromatic carbocycles. The molecule has 0 spiro atoms. The number of methoxy groups -OCH3 is 1. The van der Waals surface area contributed by atoms with E-state index in [1.165, 1.54) is 7.11 Å². The van der Waals surface area contributed by atoms with Crippen LogP contribution in [-0.2, 0) is 9.57 Å². The maximum absolute atomic E-state index is 12.1. The van der Waals surface area contributed by atoms with Crippen LogP contribution in [0.4, 0.5) is 0 Å². The van der Waals surface area contributed by atoms with E-state index in [0.717, 1.165) is 11.1 Å². The van der Waals surface area contributed by atoms with Gasteiger partial charge in [0.25, 0.3) is 0 Å². The summed E-state index contributed by atoms with van der Waals surface area (Å²) in [5, 5.41) is 5.39. The number of nitrogens with one attached hydrogen (secondary N) is 1. The van der Waals surface area contributed by atoms with Gasteiger partial charge in [0.2, 0.25) is 0 Å². The lowest BCUT2D eigenvalue weighted by Crippen LogP contribution is -2.33. The highest BCUT2D eigenvalue weighted by Crippen LogP contribution is 2.35. The van der Waals surface area contributed by atoms with E-state index in [-0.39, 0.29) is 17.9 Å². The van der Waals surface area contributed by atoms with E-state index in [4.69, 9.17) is 37.5 Å². The number of ether oxygens (including phenoxy) is 2. The lowest BCUT2D eigenvalue weighted by atomic mass is 9.87. The number of carbonyl (C=O) groups excluding carboxylic acids is 1. The van der Waals surface area contributed by atoms with E-state index in [9.17, 15) is 4.79 Å². The first-order chi connectivity index (χ1) is 17.9. The van der Waals surface area contributed by atoms with Crippen molar-refractivity contribution in [1.82, 2.24) is 9.97 Å². The highest BCUT2D eigenvalue weighted by atomic mass is 35.5. The molecule has 37 heavy (non-hydrogen) atoms. The third kappa shape index (κ3) is 4.89. The Bertz CT molecular complexity index is 1460. The molecule has 2 atom stereocenters. The number of hydrogen-bond donors (Lipinski definition) is 1. The number of fused-ring (bicyclic) bond motifs is 1. The quantitative estimate of drug-likeness (QED) is 0.262. The van der Waals surface area contributed by atoms with Crippen LogP contribution in [0, 0.1) is 11.8 Å². The van der Waals surface area contributed by atoms with Crippen LogP contribution >= 0.6 is 23.2 Å². The van der Waals surface area contributed by atoms with E-state index in [1.54, 1.807) is 30.3 Å². The van der Waals surface area contributed by atoms with Gasteiger partial charge in [-0.3, -0.25) is 0 Å². The average molecular weight is 538 g/mol. The van der Waals surface area contributed by atoms with Crippen molar-refractivity contribution in [3.8, 4) is 17.1 Å². The first-order valence-corrected chi connectivity index (χ1v) is 12.6. The van der Waals surface area contributed by atoms with Crippen LogP contribution in [0.1, 0.15) is 29.8 Å². The molecule has 190 valence electrons. The fraction of sp³-hybridized carbons (Fsp3) is 0.250. The molecule has 2 heterocycles. The van der Waals surface area contributed by atoms with Crippen molar-refractivity contribution in [1.29, 1.82) is 0 Å². The maximum Gasteiger partial charge on any atom is 0.340 e. The molecule has 4 aromatic rings. The number of aromatic nitrogens is 2. The van der Waals surface area contributed by atoms with Crippen molar-refractivity contribution in [3.63, 3.8) is 0 Å². The number of nitrogens with zero attached hydrogens (tertiary/aromatic N) is 2. The lowest BCUT2D eigenvalue weighted by Gasteiger charge is -2.22. The SMILES string of the molecule is COC(=O)c1cccc2[nH]c(-c3ccc(OCC4C(c5c(Cl)cccc5Cl)=NOC4C(C)C)cc3)nc12.